The maximum absolute atomic E-state index is 14.3. The van der Waals surface area contributed by atoms with Crippen molar-refractivity contribution in [1.82, 2.24) is 14.9 Å². The zero-order valence-electron chi connectivity index (χ0n) is 17.8. The molecule has 0 saturated heterocycles. The molecule has 32 heavy (non-hydrogen) atoms. The number of H-pyrrole nitrogens is 1. The molecular formula is C25H24FN3O3. The molecule has 0 aliphatic carbocycles. The van der Waals surface area contributed by atoms with Gasteiger partial charge >= 0.3 is 0 Å². The van der Waals surface area contributed by atoms with E-state index in [1.54, 1.807) is 11.0 Å². The van der Waals surface area contributed by atoms with Gasteiger partial charge in [0.15, 0.2) is 11.6 Å². The lowest BCUT2D eigenvalue weighted by molar-refractivity contribution is -0.132. The maximum atomic E-state index is 14.3. The van der Waals surface area contributed by atoms with Crippen LogP contribution in [0.25, 0.3) is 21.8 Å². The van der Waals surface area contributed by atoms with Crippen molar-refractivity contribution in [2.45, 2.75) is 25.8 Å². The second-order valence-corrected chi connectivity index (χ2v) is 8.09. The average molecular weight is 433 g/mol. The SMILES string of the molecule is COc1ccc(Cc2nc3c(c4c2[nH]c2ccccc24)CCN(C(=O)CCO)C3)cc1F. The van der Waals surface area contributed by atoms with Gasteiger partial charge in [-0.25, -0.2) is 4.39 Å². The van der Waals surface area contributed by atoms with Gasteiger partial charge in [0.05, 0.1) is 37.2 Å². The third kappa shape index (κ3) is 3.48. The highest BCUT2D eigenvalue weighted by atomic mass is 19.1. The van der Waals surface area contributed by atoms with Crippen LogP contribution in [-0.2, 0) is 24.2 Å². The molecule has 4 aromatic rings. The van der Waals surface area contributed by atoms with Crippen LogP contribution in [0.15, 0.2) is 42.5 Å². The predicted molar refractivity (Wildman–Crippen MR) is 120 cm³/mol. The number of ether oxygens (including phenoxy) is 1. The van der Waals surface area contributed by atoms with Gasteiger partial charge in [0.1, 0.15) is 0 Å². The molecule has 1 aliphatic heterocycles. The van der Waals surface area contributed by atoms with Crippen LogP contribution >= 0.6 is 0 Å². The van der Waals surface area contributed by atoms with Crippen LogP contribution in [0.4, 0.5) is 4.39 Å². The molecule has 164 valence electrons. The molecule has 3 heterocycles. The quantitative estimate of drug-likeness (QED) is 0.503. The first kappa shape index (κ1) is 20.5. The summed E-state index contributed by atoms with van der Waals surface area (Å²) >= 11 is 0. The summed E-state index contributed by atoms with van der Waals surface area (Å²) < 4.78 is 19.3. The van der Waals surface area contributed by atoms with Crippen molar-refractivity contribution in [2.75, 3.05) is 20.3 Å². The maximum Gasteiger partial charge on any atom is 0.225 e. The molecule has 1 aliphatic rings. The molecule has 0 atom stereocenters. The number of carbonyl (C=O) groups is 1. The Morgan fingerprint density at radius 3 is 2.91 bits per heavy atom. The van der Waals surface area contributed by atoms with Crippen LogP contribution in [0.1, 0.15) is 28.9 Å². The van der Waals surface area contributed by atoms with E-state index in [1.807, 2.05) is 24.3 Å². The minimum absolute atomic E-state index is 0.0715. The minimum Gasteiger partial charge on any atom is -0.494 e. The van der Waals surface area contributed by atoms with E-state index in [1.165, 1.54) is 13.2 Å². The van der Waals surface area contributed by atoms with Gasteiger partial charge in [-0.15, -0.1) is 0 Å². The van der Waals surface area contributed by atoms with Gasteiger partial charge in [-0.3, -0.25) is 9.78 Å². The van der Waals surface area contributed by atoms with Gasteiger partial charge in [-0.2, -0.15) is 0 Å². The third-order valence-corrected chi connectivity index (χ3v) is 6.15. The number of hydrogen-bond acceptors (Lipinski definition) is 4. The number of halogens is 1. The van der Waals surface area contributed by atoms with E-state index in [9.17, 15) is 9.18 Å². The van der Waals surface area contributed by atoms with Crippen LogP contribution in [0.3, 0.4) is 0 Å². The molecule has 6 nitrogen and oxygen atoms in total. The van der Waals surface area contributed by atoms with E-state index in [0.717, 1.165) is 44.3 Å². The zero-order valence-corrected chi connectivity index (χ0v) is 17.8. The van der Waals surface area contributed by atoms with Gasteiger partial charge in [-0.05, 0) is 35.7 Å². The summed E-state index contributed by atoms with van der Waals surface area (Å²) in [6, 6.07) is 13.1. The van der Waals surface area contributed by atoms with Crippen molar-refractivity contribution in [3.8, 4) is 5.75 Å². The molecule has 0 bridgehead atoms. The Morgan fingerprint density at radius 2 is 2.12 bits per heavy atom. The Hall–Kier alpha value is -3.45. The van der Waals surface area contributed by atoms with Crippen molar-refractivity contribution in [1.29, 1.82) is 0 Å². The van der Waals surface area contributed by atoms with Gasteiger partial charge < -0.3 is 19.7 Å². The van der Waals surface area contributed by atoms with Crippen LogP contribution in [0.2, 0.25) is 0 Å². The summed E-state index contributed by atoms with van der Waals surface area (Å²) in [6.07, 6.45) is 1.26. The van der Waals surface area contributed by atoms with Crippen LogP contribution in [0.5, 0.6) is 5.75 Å². The number of fused-ring (bicyclic) bond motifs is 5. The van der Waals surface area contributed by atoms with Crippen molar-refractivity contribution in [2.24, 2.45) is 0 Å². The van der Waals surface area contributed by atoms with Gasteiger partial charge in [0.2, 0.25) is 5.91 Å². The number of aliphatic hydroxyl groups excluding tert-OH is 1. The van der Waals surface area contributed by atoms with E-state index in [-0.39, 0.29) is 24.7 Å². The number of carbonyl (C=O) groups excluding carboxylic acids is 1. The van der Waals surface area contributed by atoms with Crippen LogP contribution < -0.4 is 4.74 Å². The first-order chi connectivity index (χ1) is 15.6. The smallest absolute Gasteiger partial charge is 0.225 e. The molecule has 2 aromatic heterocycles. The summed E-state index contributed by atoms with van der Waals surface area (Å²) in [5.41, 5.74) is 5.60. The van der Waals surface area contributed by atoms with E-state index in [0.29, 0.717) is 25.9 Å². The number of methoxy groups -OCH3 is 1. The second kappa shape index (κ2) is 8.24. The lowest BCUT2D eigenvalue weighted by Crippen LogP contribution is -2.37. The fourth-order valence-corrected chi connectivity index (χ4v) is 4.62. The number of para-hydroxylation sites is 1. The average Bonchev–Trinajstić information content (AvgIpc) is 3.19. The molecule has 0 fully saturated rings. The van der Waals surface area contributed by atoms with Crippen LogP contribution in [-0.4, -0.2) is 46.1 Å². The van der Waals surface area contributed by atoms with Crippen molar-refractivity contribution < 1.29 is 19.0 Å². The topological polar surface area (TPSA) is 78.5 Å². The fourth-order valence-electron chi connectivity index (χ4n) is 4.62. The summed E-state index contributed by atoms with van der Waals surface area (Å²) in [6.45, 7) is 0.851. The number of aliphatic hydroxyl groups is 1. The van der Waals surface area contributed by atoms with Gasteiger partial charge in [0, 0.05) is 35.7 Å². The third-order valence-electron chi connectivity index (χ3n) is 6.15. The molecule has 5 rings (SSSR count). The number of rotatable bonds is 5. The van der Waals surface area contributed by atoms with Gasteiger partial charge in [-0.1, -0.05) is 24.3 Å². The number of nitrogens with zero attached hydrogens (tertiary/aromatic N) is 2. The summed E-state index contributed by atoms with van der Waals surface area (Å²) in [7, 11) is 1.45. The van der Waals surface area contributed by atoms with Crippen molar-refractivity contribution in [3.63, 3.8) is 0 Å². The van der Waals surface area contributed by atoms with Gasteiger partial charge in [0.25, 0.3) is 0 Å². The highest BCUT2D eigenvalue weighted by Crippen LogP contribution is 2.35. The molecular weight excluding hydrogens is 409 g/mol. The van der Waals surface area contributed by atoms with Crippen molar-refractivity contribution >= 4 is 27.7 Å². The first-order valence-corrected chi connectivity index (χ1v) is 10.7. The Labute approximate surface area is 184 Å². The summed E-state index contributed by atoms with van der Waals surface area (Å²) in [5.74, 6) is -0.268. The number of benzene rings is 2. The lowest BCUT2D eigenvalue weighted by atomic mass is 9.96. The fraction of sp³-hybridized carbons (Fsp3) is 0.280. The molecule has 0 saturated carbocycles. The Balaban J connectivity index is 1.64. The molecule has 7 heteroatoms. The number of aromatic nitrogens is 2. The molecule has 0 spiro atoms. The highest BCUT2D eigenvalue weighted by molar-refractivity contribution is 6.10. The Bertz CT molecular complexity index is 1330. The van der Waals surface area contributed by atoms with E-state index in [4.69, 9.17) is 14.8 Å². The van der Waals surface area contributed by atoms with E-state index in [2.05, 4.69) is 11.1 Å². The normalized spacial score (nSPS) is 13.5. The minimum atomic E-state index is -0.406. The van der Waals surface area contributed by atoms with Crippen LogP contribution in [0, 0.1) is 5.82 Å². The lowest BCUT2D eigenvalue weighted by Gasteiger charge is -2.29. The van der Waals surface area contributed by atoms with Crippen molar-refractivity contribution in [3.05, 3.63) is 70.8 Å². The molecule has 2 N–H and O–H groups in total. The number of amides is 1. The van der Waals surface area contributed by atoms with E-state index >= 15 is 0 Å². The molecule has 2 aromatic carbocycles. The summed E-state index contributed by atoms with van der Waals surface area (Å²) in [5, 5.41) is 11.4. The number of aromatic amines is 1. The Morgan fingerprint density at radius 1 is 1.28 bits per heavy atom. The molecule has 0 unspecified atom stereocenters. The predicted octanol–water partition coefficient (Wildman–Crippen LogP) is 3.72. The largest absolute Gasteiger partial charge is 0.494 e. The van der Waals surface area contributed by atoms with E-state index < -0.39 is 5.82 Å². The molecule has 1 amide bonds. The number of hydrogen-bond donors (Lipinski definition) is 2. The zero-order chi connectivity index (χ0) is 22.2. The highest BCUT2D eigenvalue weighted by Gasteiger charge is 2.26. The monoisotopic (exact) mass is 433 g/mol. The first-order valence-electron chi connectivity index (χ1n) is 10.7. The number of pyridine rings is 1. The second-order valence-electron chi connectivity index (χ2n) is 8.09. The summed E-state index contributed by atoms with van der Waals surface area (Å²) in [4.78, 5) is 22.6. The standard InChI is InChI=1S/C25H24FN3O3/c1-32-22-7-6-15(12-18(22)26)13-20-25-24(16-4-2-3-5-19(16)28-25)17-8-10-29(14-21(17)27-20)23(31)9-11-30/h2-7,12,28,30H,8-11,13-14H2,1H3. The number of nitrogens with one attached hydrogen (secondary N) is 1. The molecule has 0 radical (unpaired) electrons. The Kier molecular flexibility index (Phi) is 5.27.